The zero-order valence-electron chi connectivity index (χ0n) is 9.79. The summed E-state index contributed by atoms with van der Waals surface area (Å²) in [6.07, 6.45) is 4.23. The first-order valence-electron chi connectivity index (χ1n) is 5.45. The van der Waals surface area contributed by atoms with E-state index in [2.05, 4.69) is 5.32 Å². The van der Waals surface area contributed by atoms with Gasteiger partial charge in [0.05, 0.1) is 0 Å². The molecule has 0 bridgehead atoms. The highest BCUT2D eigenvalue weighted by Crippen LogP contribution is 2.13. The van der Waals surface area contributed by atoms with E-state index in [4.69, 9.17) is 5.73 Å². The summed E-state index contributed by atoms with van der Waals surface area (Å²) < 4.78 is 0. The fourth-order valence-corrected chi connectivity index (χ4v) is 1.24. The number of carbonyl (C=O) groups is 1. The van der Waals surface area contributed by atoms with Crippen LogP contribution in [0.4, 0.5) is 5.69 Å². The molecule has 0 saturated carbocycles. The van der Waals surface area contributed by atoms with Crippen LogP contribution < -0.4 is 11.1 Å². The molecule has 1 aromatic carbocycles. The maximum atomic E-state index is 11.3. The van der Waals surface area contributed by atoms with Crippen molar-refractivity contribution in [3.63, 3.8) is 0 Å². The maximum absolute atomic E-state index is 11.3. The third-order valence-corrected chi connectivity index (χ3v) is 2.28. The molecule has 0 aromatic heterocycles. The Hall–Kier alpha value is -1.77. The first-order chi connectivity index (χ1) is 7.63. The maximum Gasteiger partial charge on any atom is 0.243 e. The first-order valence-corrected chi connectivity index (χ1v) is 5.45. The Morgan fingerprint density at radius 1 is 1.50 bits per heavy atom. The second-order valence-corrected chi connectivity index (χ2v) is 3.74. The van der Waals surface area contributed by atoms with Crippen molar-refractivity contribution in [2.75, 3.05) is 12.3 Å². The van der Waals surface area contributed by atoms with Gasteiger partial charge in [-0.2, -0.15) is 0 Å². The number of nitrogens with two attached hydrogens (primary N) is 1. The van der Waals surface area contributed by atoms with Crippen LogP contribution in [-0.2, 0) is 4.79 Å². The van der Waals surface area contributed by atoms with Crippen LogP contribution in [0.2, 0.25) is 0 Å². The third kappa shape index (κ3) is 3.77. The summed E-state index contributed by atoms with van der Waals surface area (Å²) in [5.41, 5.74) is 8.51. The molecule has 0 spiro atoms. The molecule has 0 atom stereocenters. The topological polar surface area (TPSA) is 55.1 Å². The van der Waals surface area contributed by atoms with Crippen molar-refractivity contribution in [3.05, 3.63) is 35.4 Å². The lowest BCUT2D eigenvalue weighted by atomic mass is 10.1. The number of nitrogen functional groups attached to an aromatic ring is 1. The van der Waals surface area contributed by atoms with Gasteiger partial charge in [-0.3, -0.25) is 4.79 Å². The Bertz CT molecular complexity index is 397. The molecule has 1 aromatic rings. The molecule has 16 heavy (non-hydrogen) atoms. The molecule has 1 amide bonds. The minimum Gasteiger partial charge on any atom is -0.398 e. The number of hydrogen-bond donors (Lipinski definition) is 2. The minimum absolute atomic E-state index is 0.0685. The summed E-state index contributed by atoms with van der Waals surface area (Å²) >= 11 is 0. The molecule has 1 rings (SSSR count). The lowest BCUT2D eigenvalue weighted by molar-refractivity contribution is -0.116. The highest BCUT2D eigenvalue weighted by Gasteiger charge is 1.95. The summed E-state index contributed by atoms with van der Waals surface area (Å²) in [6, 6.07) is 5.74. The van der Waals surface area contributed by atoms with Gasteiger partial charge in [-0.25, -0.2) is 0 Å². The van der Waals surface area contributed by atoms with Crippen LogP contribution in [0.3, 0.4) is 0 Å². The Morgan fingerprint density at radius 2 is 2.25 bits per heavy atom. The van der Waals surface area contributed by atoms with E-state index in [1.165, 1.54) is 6.08 Å². The fraction of sp³-hybridized carbons (Fsp3) is 0.308. The van der Waals surface area contributed by atoms with Crippen LogP contribution in [0.1, 0.15) is 24.5 Å². The molecule has 0 aliphatic heterocycles. The van der Waals surface area contributed by atoms with Gasteiger partial charge in [0.1, 0.15) is 0 Å². The molecule has 0 heterocycles. The minimum atomic E-state index is -0.0685. The second-order valence-electron chi connectivity index (χ2n) is 3.74. The Kier molecular flexibility index (Phi) is 4.58. The average Bonchev–Trinajstić information content (AvgIpc) is 2.28. The van der Waals surface area contributed by atoms with Crippen molar-refractivity contribution < 1.29 is 4.79 Å². The van der Waals surface area contributed by atoms with E-state index < -0.39 is 0 Å². The molecule has 3 nitrogen and oxygen atoms in total. The molecule has 0 aliphatic rings. The number of nitrogens with one attached hydrogen (secondary N) is 1. The van der Waals surface area contributed by atoms with E-state index in [0.717, 1.165) is 23.2 Å². The number of benzene rings is 1. The fourth-order valence-electron chi connectivity index (χ4n) is 1.24. The predicted molar refractivity (Wildman–Crippen MR) is 67.9 cm³/mol. The molecular formula is C13H18N2O. The van der Waals surface area contributed by atoms with E-state index in [1.807, 2.05) is 32.0 Å². The molecule has 3 heteroatoms. The molecule has 0 aliphatic carbocycles. The van der Waals surface area contributed by atoms with Crippen LogP contribution >= 0.6 is 0 Å². The van der Waals surface area contributed by atoms with Gasteiger partial charge in [0.25, 0.3) is 0 Å². The van der Waals surface area contributed by atoms with Crippen molar-refractivity contribution in [1.29, 1.82) is 0 Å². The van der Waals surface area contributed by atoms with Gasteiger partial charge in [0.2, 0.25) is 5.91 Å². The third-order valence-electron chi connectivity index (χ3n) is 2.28. The van der Waals surface area contributed by atoms with E-state index in [0.29, 0.717) is 6.54 Å². The normalized spacial score (nSPS) is 10.6. The van der Waals surface area contributed by atoms with Crippen molar-refractivity contribution in [2.45, 2.75) is 20.3 Å². The van der Waals surface area contributed by atoms with Crippen molar-refractivity contribution in [2.24, 2.45) is 0 Å². The Balaban J connectivity index is 2.62. The van der Waals surface area contributed by atoms with Crippen molar-refractivity contribution in [1.82, 2.24) is 5.32 Å². The predicted octanol–water partition coefficient (Wildman–Crippen LogP) is 2.12. The smallest absolute Gasteiger partial charge is 0.243 e. The molecular weight excluding hydrogens is 200 g/mol. The lowest BCUT2D eigenvalue weighted by Gasteiger charge is -2.01. The van der Waals surface area contributed by atoms with E-state index in [1.54, 1.807) is 6.08 Å². The van der Waals surface area contributed by atoms with E-state index in [9.17, 15) is 4.79 Å². The van der Waals surface area contributed by atoms with Crippen LogP contribution in [0.15, 0.2) is 24.3 Å². The first kappa shape index (κ1) is 12.3. The standard InChI is InChI=1S/C13H18N2O/c1-3-8-15-13(16)7-6-11-5-4-10(2)12(14)9-11/h4-7,9H,3,8,14H2,1-2H3,(H,15,16)/b7-6+. The Morgan fingerprint density at radius 3 is 2.88 bits per heavy atom. The summed E-state index contributed by atoms with van der Waals surface area (Å²) in [6.45, 7) is 4.68. The average molecular weight is 218 g/mol. The number of carbonyl (C=O) groups excluding carboxylic acids is 1. The van der Waals surface area contributed by atoms with Crippen molar-refractivity contribution >= 4 is 17.7 Å². The van der Waals surface area contributed by atoms with Gasteiger partial charge in [-0.15, -0.1) is 0 Å². The highest BCUT2D eigenvalue weighted by atomic mass is 16.1. The van der Waals surface area contributed by atoms with Crippen LogP contribution in [0, 0.1) is 6.92 Å². The summed E-state index contributed by atoms with van der Waals surface area (Å²) in [4.78, 5) is 11.3. The van der Waals surface area contributed by atoms with Gasteiger partial charge in [-0.1, -0.05) is 19.1 Å². The highest BCUT2D eigenvalue weighted by molar-refractivity contribution is 5.91. The van der Waals surface area contributed by atoms with Crippen LogP contribution in [0.5, 0.6) is 0 Å². The zero-order valence-corrected chi connectivity index (χ0v) is 9.79. The molecule has 86 valence electrons. The number of anilines is 1. The van der Waals surface area contributed by atoms with E-state index >= 15 is 0 Å². The van der Waals surface area contributed by atoms with Gasteiger partial charge >= 0.3 is 0 Å². The summed E-state index contributed by atoms with van der Waals surface area (Å²) in [7, 11) is 0. The quantitative estimate of drug-likeness (QED) is 0.600. The number of rotatable bonds is 4. The van der Waals surface area contributed by atoms with Gasteiger partial charge < -0.3 is 11.1 Å². The van der Waals surface area contributed by atoms with Gasteiger partial charge in [0.15, 0.2) is 0 Å². The van der Waals surface area contributed by atoms with Crippen LogP contribution in [0.25, 0.3) is 6.08 Å². The molecule has 0 unspecified atom stereocenters. The zero-order chi connectivity index (χ0) is 12.0. The molecule has 0 radical (unpaired) electrons. The number of hydrogen-bond acceptors (Lipinski definition) is 2. The number of amides is 1. The Labute approximate surface area is 96.3 Å². The largest absolute Gasteiger partial charge is 0.398 e. The van der Waals surface area contributed by atoms with E-state index in [-0.39, 0.29) is 5.91 Å². The van der Waals surface area contributed by atoms with Crippen LogP contribution in [-0.4, -0.2) is 12.5 Å². The SMILES string of the molecule is CCCNC(=O)/C=C/c1ccc(C)c(N)c1. The summed E-state index contributed by atoms with van der Waals surface area (Å²) in [5, 5.41) is 2.77. The van der Waals surface area contributed by atoms with Gasteiger partial charge in [-0.05, 0) is 36.6 Å². The summed E-state index contributed by atoms with van der Waals surface area (Å²) in [5.74, 6) is -0.0685. The molecule has 0 fully saturated rings. The molecule has 0 saturated heterocycles. The molecule has 3 N–H and O–H groups in total. The number of aryl methyl sites for hydroxylation is 1. The monoisotopic (exact) mass is 218 g/mol. The lowest BCUT2D eigenvalue weighted by Crippen LogP contribution is -2.21. The van der Waals surface area contributed by atoms with Crippen molar-refractivity contribution in [3.8, 4) is 0 Å². The van der Waals surface area contributed by atoms with Gasteiger partial charge in [0, 0.05) is 18.3 Å². The second kappa shape index (κ2) is 5.95.